The molecule has 0 bridgehead atoms. The van der Waals surface area contributed by atoms with Gasteiger partial charge in [-0.25, -0.2) is 13.1 Å². The second-order valence-electron chi connectivity index (χ2n) is 5.30. The lowest BCUT2D eigenvalue weighted by Crippen LogP contribution is -2.46. The molecule has 128 valence electrons. The third-order valence-electron chi connectivity index (χ3n) is 3.69. The number of rotatable bonds is 5. The number of likely N-dealkylation sites (N-methyl/N-ethyl adjacent to an activating group) is 1. The topological polar surface area (TPSA) is 76.4 Å². The minimum absolute atomic E-state index is 0. The zero-order valence-electron chi connectivity index (χ0n) is 12.8. The molecule has 23 heavy (non-hydrogen) atoms. The van der Waals surface area contributed by atoms with Crippen LogP contribution in [0.2, 0.25) is 5.02 Å². The van der Waals surface area contributed by atoms with Gasteiger partial charge in [0.2, 0.25) is 10.0 Å². The largest absolute Gasteiger partial charge is 0.304 e. The van der Waals surface area contributed by atoms with E-state index in [4.69, 9.17) is 16.9 Å². The molecule has 1 aliphatic rings. The zero-order chi connectivity index (χ0) is 16.2. The van der Waals surface area contributed by atoms with Crippen LogP contribution in [0.25, 0.3) is 0 Å². The van der Waals surface area contributed by atoms with Crippen molar-refractivity contribution in [1.29, 1.82) is 5.26 Å². The summed E-state index contributed by atoms with van der Waals surface area (Å²) >= 11 is 5.88. The van der Waals surface area contributed by atoms with Crippen molar-refractivity contribution in [3.05, 3.63) is 28.8 Å². The molecule has 2 rings (SSSR count). The fourth-order valence-electron chi connectivity index (χ4n) is 2.25. The van der Waals surface area contributed by atoms with E-state index >= 15 is 0 Å². The average Bonchev–Trinajstić information content (AvgIpc) is 2.49. The maximum Gasteiger partial charge on any atom is 0.240 e. The van der Waals surface area contributed by atoms with E-state index in [0.29, 0.717) is 13.1 Å². The standard InChI is InChI=1S/C14H19ClN4O2S.ClH/c1-18-6-8-19(9-7-18)5-4-17-22(20,21)13-3-2-12(11-16)14(15)10-13;/h2-3,10,17H,4-9H2,1H3;1H. The Bertz CT molecular complexity index is 668. The van der Waals surface area contributed by atoms with Crippen molar-refractivity contribution >= 4 is 34.0 Å². The van der Waals surface area contributed by atoms with Crippen molar-refractivity contribution in [2.45, 2.75) is 4.90 Å². The monoisotopic (exact) mass is 378 g/mol. The van der Waals surface area contributed by atoms with Crippen molar-refractivity contribution in [3.63, 3.8) is 0 Å². The van der Waals surface area contributed by atoms with Crippen LogP contribution in [0.4, 0.5) is 0 Å². The van der Waals surface area contributed by atoms with E-state index in [1.54, 1.807) is 0 Å². The molecular weight excluding hydrogens is 359 g/mol. The first-order valence-electron chi connectivity index (χ1n) is 7.02. The quantitative estimate of drug-likeness (QED) is 0.831. The van der Waals surface area contributed by atoms with Gasteiger partial charge in [0.1, 0.15) is 6.07 Å². The molecule has 6 nitrogen and oxygen atoms in total. The molecule has 1 aliphatic heterocycles. The Balaban J connectivity index is 0.00000264. The number of piperazine rings is 1. The Kier molecular flexibility index (Phi) is 7.74. The Morgan fingerprint density at radius 1 is 1.30 bits per heavy atom. The number of benzene rings is 1. The molecule has 9 heteroatoms. The maximum absolute atomic E-state index is 12.2. The summed E-state index contributed by atoms with van der Waals surface area (Å²) in [7, 11) is -1.52. The third-order valence-corrected chi connectivity index (χ3v) is 5.46. The van der Waals surface area contributed by atoms with Crippen LogP contribution >= 0.6 is 24.0 Å². The summed E-state index contributed by atoms with van der Waals surface area (Å²) in [5.74, 6) is 0. The predicted molar refractivity (Wildman–Crippen MR) is 92.5 cm³/mol. The van der Waals surface area contributed by atoms with E-state index in [1.807, 2.05) is 6.07 Å². The van der Waals surface area contributed by atoms with Crippen LogP contribution in [0.15, 0.2) is 23.1 Å². The molecule has 0 amide bonds. The predicted octanol–water partition coefficient (Wildman–Crippen LogP) is 1.16. The number of hydrogen-bond acceptors (Lipinski definition) is 5. The lowest BCUT2D eigenvalue weighted by molar-refractivity contribution is 0.156. The summed E-state index contributed by atoms with van der Waals surface area (Å²) in [4.78, 5) is 4.56. The Morgan fingerprint density at radius 3 is 2.52 bits per heavy atom. The molecule has 1 heterocycles. The van der Waals surface area contributed by atoms with Crippen LogP contribution in [0.5, 0.6) is 0 Å². The highest BCUT2D eigenvalue weighted by molar-refractivity contribution is 7.89. The van der Waals surface area contributed by atoms with Gasteiger partial charge in [-0.15, -0.1) is 12.4 Å². The first-order valence-corrected chi connectivity index (χ1v) is 8.89. The summed E-state index contributed by atoms with van der Waals surface area (Å²) in [6.45, 7) is 4.92. The maximum atomic E-state index is 12.2. The zero-order valence-corrected chi connectivity index (χ0v) is 15.2. The van der Waals surface area contributed by atoms with E-state index in [1.165, 1.54) is 18.2 Å². The minimum atomic E-state index is -3.60. The van der Waals surface area contributed by atoms with Gasteiger partial charge < -0.3 is 4.90 Å². The van der Waals surface area contributed by atoms with Crippen LogP contribution in [-0.2, 0) is 10.0 Å². The smallest absolute Gasteiger partial charge is 0.240 e. The van der Waals surface area contributed by atoms with E-state index in [-0.39, 0.29) is 27.9 Å². The highest BCUT2D eigenvalue weighted by Crippen LogP contribution is 2.19. The van der Waals surface area contributed by atoms with Crippen molar-refractivity contribution in [3.8, 4) is 6.07 Å². The lowest BCUT2D eigenvalue weighted by atomic mass is 10.2. The molecule has 1 aromatic carbocycles. The van der Waals surface area contributed by atoms with Gasteiger partial charge in [-0.3, -0.25) is 4.90 Å². The Morgan fingerprint density at radius 2 is 1.96 bits per heavy atom. The number of hydrogen-bond donors (Lipinski definition) is 1. The molecule has 0 spiro atoms. The molecule has 0 aromatic heterocycles. The molecule has 1 aromatic rings. The Labute approximate surface area is 148 Å². The van der Waals surface area contributed by atoms with E-state index < -0.39 is 10.0 Å². The fraction of sp³-hybridized carbons (Fsp3) is 0.500. The Hall–Kier alpha value is -0.880. The highest BCUT2D eigenvalue weighted by Gasteiger charge is 2.17. The van der Waals surface area contributed by atoms with Crippen molar-refractivity contribution < 1.29 is 8.42 Å². The summed E-state index contributed by atoms with van der Waals surface area (Å²) < 4.78 is 27.0. The van der Waals surface area contributed by atoms with Crippen molar-refractivity contribution in [2.75, 3.05) is 46.3 Å². The van der Waals surface area contributed by atoms with E-state index in [2.05, 4.69) is 21.6 Å². The van der Waals surface area contributed by atoms with Gasteiger partial charge >= 0.3 is 0 Å². The first-order chi connectivity index (χ1) is 10.4. The van der Waals surface area contributed by atoms with Crippen molar-refractivity contribution in [2.24, 2.45) is 0 Å². The fourth-order valence-corrected chi connectivity index (χ4v) is 3.58. The average molecular weight is 379 g/mol. The van der Waals surface area contributed by atoms with E-state index in [0.717, 1.165) is 26.2 Å². The molecule has 0 saturated carbocycles. The van der Waals surface area contributed by atoms with Gasteiger partial charge in [-0.2, -0.15) is 5.26 Å². The second-order valence-corrected chi connectivity index (χ2v) is 7.47. The third kappa shape index (κ3) is 5.60. The highest BCUT2D eigenvalue weighted by atomic mass is 35.5. The molecule has 0 atom stereocenters. The molecule has 1 fully saturated rings. The number of nitrogens with one attached hydrogen (secondary N) is 1. The summed E-state index contributed by atoms with van der Waals surface area (Å²) in [5, 5.41) is 8.95. The number of nitriles is 1. The second kappa shape index (κ2) is 8.83. The number of nitrogens with zero attached hydrogens (tertiary/aromatic N) is 3. The summed E-state index contributed by atoms with van der Waals surface area (Å²) in [6, 6.07) is 6.02. The van der Waals surface area contributed by atoms with Gasteiger partial charge in [-0.1, -0.05) is 11.6 Å². The van der Waals surface area contributed by atoms with Crippen LogP contribution in [0.1, 0.15) is 5.56 Å². The van der Waals surface area contributed by atoms with Crippen LogP contribution in [0, 0.1) is 11.3 Å². The van der Waals surface area contributed by atoms with Gasteiger partial charge in [0.15, 0.2) is 0 Å². The van der Waals surface area contributed by atoms with Crippen molar-refractivity contribution in [1.82, 2.24) is 14.5 Å². The summed E-state index contributed by atoms with van der Waals surface area (Å²) in [6.07, 6.45) is 0. The van der Waals surface area contributed by atoms with Crippen LogP contribution in [0.3, 0.4) is 0 Å². The van der Waals surface area contributed by atoms with Gasteiger partial charge in [0.05, 0.1) is 15.5 Å². The SMILES string of the molecule is CN1CCN(CCNS(=O)(=O)c2ccc(C#N)c(Cl)c2)CC1.Cl. The molecule has 0 unspecified atom stereocenters. The van der Waals surface area contributed by atoms with E-state index in [9.17, 15) is 8.42 Å². The lowest BCUT2D eigenvalue weighted by Gasteiger charge is -2.32. The molecule has 0 radical (unpaired) electrons. The summed E-state index contributed by atoms with van der Waals surface area (Å²) in [5.41, 5.74) is 0.262. The molecule has 1 saturated heterocycles. The molecule has 1 N–H and O–H groups in total. The van der Waals surface area contributed by atoms with Gasteiger partial charge in [0, 0.05) is 39.3 Å². The first kappa shape index (κ1) is 20.2. The van der Waals surface area contributed by atoms with Gasteiger partial charge in [-0.05, 0) is 25.2 Å². The van der Waals surface area contributed by atoms with Crippen LogP contribution in [-0.4, -0.2) is 64.5 Å². The number of sulfonamides is 1. The van der Waals surface area contributed by atoms with Gasteiger partial charge in [0.25, 0.3) is 0 Å². The minimum Gasteiger partial charge on any atom is -0.304 e. The normalized spacial score (nSPS) is 16.6. The van der Waals surface area contributed by atoms with Crippen LogP contribution < -0.4 is 4.72 Å². The number of halogens is 2. The molecule has 0 aliphatic carbocycles. The molecular formula is C14H20Cl2N4O2S.